The largest absolute Gasteiger partial charge is 0.310 e. The minimum atomic E-state index is -3.68. The fraction of sp³-hybridized carbons (Fsp3) is 0.286. The van der Waals surface area contributed by atoms with E-state index in [0.717, 1.165) is 10.9 Å². The molecule has 7 heteroatoms. The second kappa shape index (κ2) is 6.55. The van der Waals surface area contributed by atoms with Crippen LogP contribution in [-0.2, 0) is 16.6 Å². The molecule has 2 rings (SSSR count). The molecule has 0 aliphatic carbocycles. The van der Waals surface area contributed by atoms with Crippen LogP contribution in [-0.4, -0.2) is 14.5 Å². The van der Waals surface area contributed by atoms with Gasteiger partial charge in [0.1, 0.15) is 5.82 Å². The first-order valence-corrected chi connectivity index (χ1v) is 8.82. The maximum Gasteiger partial charge on any atom is 0.262 e. The predicted molar refractivity (Wildman–Crippen MR) is 83.5 cm³/mol. The van der Waals surface area contributed by atoms with E-state index < -0.39 is 15.8 Å². The van der Waals surface area contributed by atoms with Crippen LogP contribution in [0.3, 0.4) is 0 Å². The summed E-state index contributed by atoms with van der Waals surface area (Å²) in [5.74, 6) is -0.484. The van der Waals surface area contributed by atoms with Crippen LogP contribution < -0.4 is 10.0 Å². The van der Waals surface area contributed by atoms with E-state index in [0.29, 0.717) is 12.6 Å². The number of anilines is 1. The molecule has 4 nitrogen and oxygen atoms in total. The number of nitrogens with one attached hydrogen (secondary N) is 2. The first-order valence-electron chi connectivity index (χ1n) is 6.46. The second-order valence-electron chi connectivity index (χ2n) is 4.90. The molecule has 2 N–H and O–H groups in total. The van der Waals surface area contributed by atoms with E-state index in [1.807, 2.05) is 13.8 Å². The van der Waals surface area contributed by atoms with Gasteiger partial charge in [-0.1, -0.05) is 19.9 Å². The molecule has 0 saturated carbocycles. The van der Waals surface area contributed by atoms with Crippen LogP contribution in [0, 0.1) is 5.82 Å². The highest BCUT2D eigenvalue weighted by Crippen LogP contribution is 2.22. The van der Waals surface area contributed by atoms with Gasteiger partial charge in [0.2, 0.25) is 0 Å². The van der Waals surface area contributed by atoms with Gasteiger partial charge in [0.15, 0.2) is 0 Å². The molecule has 0 spiro atoms. The standard InChI is InChI=1S/C14H17FN2O2S2/c1-10(2)16-8-13-7-14(9-20-13)21(18,19)17-12-5-3-4-11(15)6-12/h3-7,9-10,16-17H,8H2,1-2H3. The van der Waals surface area contributed by atoms with Crippen molar-refractivity contribution >= 4 is 27.0 Å². The van der Waals surface area contributed by atoms with Crippen molar-refractivity contribution in [3.8, 4) is 0 Å². The van der Waals surface area contributed by atoms with Crippen LogP contribution in [0.15, 0.2) is 40.6 Å². The zero-order valence-corrected chi connectivity index (χ0v) is 13.4. The molecule has 0 unspecified atom stereocenters. The fourth-order valence-electron chi connectivity index (χ4n) is 1.66. The lowest BCUT2D eigenvalue weighted by Crippen LogP contribution is -2.21. The number of halogens is 1. The monoisotopic (exact) mass is 328 g/mol. The van der Waals surface area contributed by atoms with Gasteiger partial charge in [-0.05, 0) is 24.3 Å². The molecule has 0 radical (unpaired) electrons. The molecule has 0 amide bonds. The normalized spacial score (nSPS) is 11.8. The minimum Gasteiger partial charge on any atom is -0.310 e. The maximum absolute atomic E-state index is 13.1. The van der Waals surface area contributed by atoms with Crippen molar-refractivity contribution < 1.29 is 12.8 Å². The Morgan fingerprint density at radius 3 is 2.71 bits per heavy atom. The Hall–Kier alpha value is -1.44. The first kappa shape index (κ1) is 15.9. The summed E-state index contributed by atoms with van der Waals surface area (Å²) in [7, 11) is -3.68. The van der Waals surface area contributed by atoms with Gasteiger partial charge in [-0.2, -0.15) is 0 Å². The van der Waals surface area contributed by atoms with Crippen molar-refractivity contribution in [3.05, 3.63) is 46.4 Å². The Bertz CT molecular complexity index is 711. The van der Waals surface area contributed by atoms with E-state index in [4.69, 9.17) is 0 Å². The molecule has 2 aromatic rings. The molecular formula is C14H17FN2O2S2. The first-order chi connectivity index (χ1) is 9.87. The average molecular weight is 328 g/mol. The summed E-state index contributed by atoms with van der Waals surface area (Å²) >= 11 is 1.38. The van der Waals surface area contributed by atoms with Gasteiger partial charge in [-0.3, -0.25) is 4.72 Å². The highest BCUT2D eigenvalue weighted by Gasteiger charge is 2.16. The lowest BCUT2D eigenvalue weighted by Gasteiger charge is -2.06. The van der Waals surface area contributed by atoms with Crippen molar-refractivity contribution in [2.45, 2.75) is 31.3 Å². The predicted octanol–water partition coefficient (Wildman–Crippen LogP) is 3.19. The van der Waals surface area contributed by atoms with Crippen molar-refractivity contribution in [1.82, 2.24) is 5.32 Å². The third kappa shape index (κ3) is 4.52. The third-order valence-corrected chi connectivity index (χ3v) is 5.15. The van der Waals surface area contributed by atoms with E-state index >= 15 is 0 Å². The summed E-state index contributed by atoms with van der Waals surface area (Å²) in [4.78, 5) is 1.13. The van der Waals surface area contributed by atoms with E-state index in [1.165, 1.54) is 29.5 Å². The molecule has 0 aliphatic heterocycles. The van der Waals surface area contributed by atoms with E-state index in [9.17, 15) is 12.8 Å². The van der Waals surface area contributed by atoms with Crippen molar-refractivity contribution in [2.75, 3.05) is 4.72 Å². The molecule has 1 aromatic heterocycles. The summed E-state index contributed by atoms with van der Waals surface area (Å²) in [5.41, 5.74) is 0.211. The fourth-order valence-corrected chi connectivity index (χ4v) is 3.94. The molecule has 0 bridgehead atoms. The maximum atomic E-state index is 13.1. The van der Waals surface area contributed by atoms with Crippen LogP contribution in [0.5, 0.6) is 0 Å². The lowest BCUT2D eigenvalue weighted by atomic mass is 10.3. The van der Waals surface area contributed by atoms with Crippen LogP contribution in [0.2, 0.25) is 0 Å². The lowest BCUT2D eigenvalue weighted by molar-refractivity contribution is 0.592. The Balaban J connectivity index is 2.12. The van der Waals surface area contributed by atoms with Gasteiger partial charge >= 0.3 is 0 Å². The Morgan fingerprint density at radius 1 is 1.29 bits per heavy atom. The highest BCUT2D eigenvalue weighted by atomic mass is 32.2. The Kier molecular flexibility index (Phi) is 4.97. The number of thiophene rings is 1. The SMILES string of the molecule is CC(C)NCc1cc(S(=O)(=O)Nc2cccc(F)c2)cs1. The molecule has 0 saturated heterocycles. The van der Waals surface area contributed by atoms with Gasteiger partial charge in [-0.15, -0.1) is 11.3 Å². The van der Waals surface area contributed by atoms with Gasteiger partial charge in [-0.25, -0.2) is 12.8 Å². The van der Waals surface area contributed by atoms with Gasteiger partial charge in [0, 0.05) is 22.8 Å². The minimum absolute atomic E-state index is 0.192. The Morgan fingerprint density at radius 2 is 2.05 bits per heavy atom. The van der Waals surface area contributed by atoms with Crippen LogP contribution in [0.1, 0.15) is 18.7 Å². The second-order valence-corrected chi connectivity index (χ2v) is 7.58. The van der Waals surface area contributed by atoms with Crippen LogP contribution >= 0.6 is 11.3 Å². The van der Waals surface area contributed by atoms with E-state index in [-0.39, 0.29) is 10.6 Å². The van der Waals surface area contributed by atoms with Crippen molar-refractivity contribution in [3.63, 3.8) is 0 Å². The molecule has 21 heavy (non-hydrogen) atoms. The molecule has 0 atom stereocenters. The Labute approximate surface area is 128 Å². The molecule has 1 heterocycles. The van der Waals surface area contributed by atoms with Crippen LogP contribution in [0.25, 0.3) is 0 Å². The van der Waals surface area contributed by atoms with Crippen LogP contribution in [0.4, 0.5) is 10.1 Å². The topological polar surface area (TPSA) is 58.2 Å². The number of sulfonamides is 1. The van der Waals surface area contributed by atoms with Crippen molar-refractivity contribution in [2.24, 2.45) is 0 Å². The van der Waals surface area contributed by atoms with Gasteiger partial charge < -0.3 is 5.32 Å². The number of hydrogen-bond acceptors (Lipinski definition) is 4. The molecule has 1 aromatic carbocycles. The van der Waals surface area contributed by atoms with Gasteiger partial charge in [0.05, 0.1) is 10.6 Å². The van der Waals surface area contributed by atoms with E-state index in [1.54, 1.807) is 11.4 Å². The zero-order valence-electron chi connectivity index (χ0n) is 11.8. The summed E-state index contributed by atoms with van der Waals surface area (Å²) in [5, 5.41) is 4.81. The van der Waals surface area contributed by atoms with Crippen molar-refractivity contribution in [1.29, 1.82) is 0 Å². The summed E-state index contributed by atoms with van der Waals surface area (Å²) < 4.78 is 39.9. The molecule has 0 aliphatic rings. The number of hydrogen-bond donors (Lipinski definition) is 2. The summed E-state index contributed by atoms with van der Waals surface area (Å²) in [6, 6.07) is 7.33. The number of benzene rings is 1. The molecule has 0 fully saturated rings. The summed E-state index contributed by atoms with van der Waals surface area (Å²) in [6.07, 6.45) is 0. The highest BCUT2D eigenvalue weighted by molar-refractivity contribution is 7.92. The van der Waals surface area contributed by atoms with Gasteiger partial charge in [0.25, 0.3) is 10.0 Å². The zero-order chi connectivity index (χ0) is 15.5. The quantitative estimate of drug-likeness (QED) is 0.856. The summed E-state index contributed by atoms with van der Waals surface area (Å²) in [6.45, 7) is 4.67. The third-order valence-electron chi connectivity index (χ3n) is 2.70. The van der Waals surface area contributed by atoms with E-state index in [2.05, 4.69) is 10.0 Å². The smallest absolute Gasteiger partial charge is 0.262 e. The molecule has 114 valence electrons. The molecular weight excluding hydrogens is 311 g/mol. The average Bonchev–Trinajstić information content (AvgIpc) is 2.85. The number of rotatable bonds is 6.